The molecule has 0 unspecified atom stereocenters. The van der Waals surface area contributed by atoms with Gasteiger partial charge in [-0.3, -0.25) is 4.79 Å². The molecule has 0 radical (unpaired) electrons. The number of methoxy groups -OCH3 is 1. The maximum Gasteiger partial charge on any atom is 0.163 e. The van der Waals surface area contributed by atoms with E-state index in [9.17, 15) is 4.79 Å². The fraction of sp³-hybridized carbons (Fsp3) is 0.300. The summed E-state index contributed by atoms with van der Waals surface area (Å²) in [5, 5.41) is 0. The van der Waals surface area contributed by atoms with Gasteiger partial charge in [-0.2, -0.15) is 0 Å². The number of ketones is 1. The lowest BCUT2D eigenvalue weighted by Crippen LogP contribution is -1.97. The molecule has 0 heterocycles. The van der Waals surface area contributed by atoms with Gasteiger partial charge < -0.3 is 9.47 Å². The third-order valence-electron chi connectivity index (χ3n) is 1.78. The fourth-order valence-corrected chi connectivity index (χ4v) is 1.18. The fourth-order valence-electron chi connectivity index (χ4n) is 1.06. The van der Waals surface area contributed by atoms with Gasteiger partial charge in [0.1, 0.15) is 0 Å². The first-order valence-corrected chi connectivity index (χ1v) is 4.60. The Morgan fingerprint density at radius 3 is 2.64 bits per heavy atom. The molecule has 0 bridgehead atoms. The second-order valence-electron chi connectivity index (χ2n) is 2.68. The first-order valence-electron chi connectivity index (χ1n) is 4.06. The predicted molar refractivity (Wildman–Crippen MR) is 54.3 cm³/mol. The maximum atomic E-state index is 11.1. The van der Waals surface area contributed by atoms with Gasteiger partial charge in [0.2, 0.25) is 0 Å². The molecule has 0 saturated heterocycles. The van der Waals surface area contributed by atoms with Crippen LogP contribution in [0.5, 0.6) is 11.5 Å². The monoisotopic (exact) mass is 214 g/mol. The van der Waals surface area contributed by atoms with E-state index in [4.69, 9.17) is 21.1 Å². The van der Waals surface area contributed by atoms with Crippen molar-refractivity contribution in [1.29, 1.82) is 0 Å². The number of benzene rings is 1. The average Bonchev–Trinajstić information content (AvgIpc) is 2.18. The minimum Gasteiger partial charge on any atom is -0.493 e. The Morgan fingerprint density at radius 1 is 1.43 bits per heavy atom. The molecule has 1 aromatic rings. The van der Waals surface area contributed by atoms with Gasteiger partial charge in [-0.15, -0.1) is 0 Å². The molecule has 0 fully saturated rings. The molecule has 0 spiro atoms. The number of hydrogen-bond donors (Lipinski definition) is 0. The van der Waals surface area contributed by atoms with Crippen LogP contribution in [0.15, 0.2) is 18.2 Å². The van der Waals surface area contributed by atoms with Gasteiger partial charge in [-0.1, -0.05) is 11.6 Å². The number of ether oxygens (including phenoxy) is 2. The molecule has 0 atom stereocenters. The molecule has 0 aliphatic carbocycles. The summed E-state index contributed by atoms with van der Waals surface area (Å²) in [6, 6.07) is 5.02. The molecule has 0 amide bonds. The van der Waals surface area contributed by atoms with Crippen molar-refractivity contribution in [2.45, 2.75) is 6.92 Å². The Hall–Kier alpha value is -1.22. The van der Waals surface area contributed by atoms with Crippen molar-refractivity contribution in [3.8, 4) is 11.5 Å². The molecule has 0 aliphatic rings. The molecular formula is C10H11ClO3. The van der Waals surface area contributed by atoms with Crippen molar-refractivity contribution in [3.05, 3.63) is 23.8 Å². The van der Waals surface area contributed by atoms with Crippen LogP contribution in [-0.2, 0) is 0 Å². The summed E-state index contributed by atoms with van der Waals surface area (Å²) in [4.78, 5) is 11.1. The molecule has 14 heavy (non-hydrogen) atoms. The molecule has 0 N–H and O–H groups in total. The zero-order chi connectivity index (χ0) is 10.6. The van der Waals surface area contributed by atoms with E-state index in [-0.39, 0.29) is 11.8 Å². The van der Waals surface area contributed by atoms with Crippen molar-refractivity contribution in [3.63, 3.8) is 0 Å². The van der Waals surface area contributed by atoms with Crippen LogP contribution in [0.2, 0.25) is 0 Å². The van der Waals surface area contributed by atoms with E-state index in [0.29, 0.717) is 17.1 Å². The molecule has 76 valence electrons. The molecule has 1 rings (SSSR count). The Kier molecular flexibility index (Phi) is 3.77. The van der Waals surface area contributed by atoms with Crippen molar-refractivity contribution < 1.29 is 14.3 Å². The zero-order valence-electron chi connectivity index (χ0n) is 8.04. The Labute approximate surface area is 87.6 Å². The first-order chi connectivity index (χ1) is 6.69. The molecule has 0 aliphatic heterocycles. The number of hydrogen-bond acceptors (Lipinski definition) is 3. The number of alkyl halides is 1. The lowest BCUT2D eigenvalue weighted by molar-refractivity contribution is 0.101. The highest BCUT2D eigenvalue weighted by atomic mass is 35.5. The minimum atomic E-state index is -0.0132. The van der Waals surface area contributed by atoms with Crippen LogP contribution in [0.25, 0.3) is 0 Å². The molecule has 1 aromatic carbocycles. The molecular weight excluding hydrogens is 204 g/mol. The topological polar surface area (TPSA) is 35.5 Å². The summed E-state index contributed by atoms with van der Waals surface area (Å²) >= 11 is 5.42. The van der Waals surface area contributed by atoms with E-state index in [1.54, 1.807) is 18.2 Å². The maximum absolute atomic E-state index is 11.1. The highest BCUT2D eigenvalue weighted by Gasteiger charge is 2.07. The number of carbonyl (C=O) groups is 1. The Bertz CT molecular complexity index is 336. The van der Waals surface area contributed by atoms with Crippen LogP contribution in [0.3, 0.4) is 0 Å². The SMILES string of the molecule is COc1cc(C(C)=O)ccc1OCCl. The number of rotatable bonds is 4. The smallest absolute Gasteiger partial charge is 0.163 e. The van der Waals surface area contributed by atoms with Crippen LogP contribution < -0.4 is 9.47 Å². The Balaban J connectivity index is 3.04. The van der Waals surface area contributed by atoms with E-state index >= 15 is 0 Å². The summed E-state index contributed by atoms with van der Waals surface area (Å²) in [6.45, 7) is 1.50. The van der Waals surface area contributed by atoms with Gasteiger partial charge in [0.25, 0.3) is 0 Å². The molecule has 4 heteroatoms. The van der Waals surface area contributed by atoms with Gasteiger partial charge in [0.05, 0.1) is 7.11 Å². The highest BCUT2D eigenvalue weighted by Crippen LogP contribution is 2.28. The Morgan fingerprint density at radius 2 is 2.14 bits per heavy atom. The average molecular weight is 215 g/mol. The van der Waals surface area contributed by atoms with Crippen LogP contribution in [-0.4, -0.2) is 19.0 Å². The number of Topliss-reactive ketones (excluding diaryl/α,β-unsaturated/α-hetero) is 1. The van der Waals surface area contributed by atoms with E-state index in [0.717, 1.165) is 0 Å². The van der Waals surface area contributed by atoms with Crippen LogP contribution in [0.1, 0.15) is 17.3 Å². The normalized spacial score (nSPS) is 9.64. The van der Waals surface area contributed by atoms with Crippen molar-refractivity contribution >= 4 is 17.4 Å². The van der Waals surface area contributed by atoms with Gasteiger partial charge in [-0.05, 0) is 25.1 Å². The van der Waals surface area contributed by atoms with Crippen LogP contribution in [0, 0.1) is 0 Å². The minimum absolute atomic E-state index is 0.0132. The quantitative estimate of drug-likeness (QED) is 0.571. The third-order valence-corrected chi connectivity index (χ3v) is 1.89. The molecule has 0 aromatic heterocycles. The summed E-state index contributed by atoms with van der Waals surface area (Å²) in [5.41, 5.74) is 0.587. The number of halogens is 1. The number of carbonyl (C=O) groups excluding carboxylic acids is 1. The van der Waals surface area contributed by atoms with Crippen molar-refractivity contribution in [2.24, 2.45) is 0 Å². The summed E-state index contributed by atoms with van der Waals surface area (Å²) < 4.78 is 10.1. The van der Waals surface area contributed by atoms with Gasteiger partial charge in [0, 0.05) is 5.56 Å². The van der Waals surface area contributed by atoms with E-state index in [1.807, 2.05) is 0 Å². The first kappa shape index (κ1) is 10.9. The van der Waals surface area contributed by atoms with Crippen LogP contribution in [0.4, 0.5) is 0 Å². The summed E-state index contributed by atoms with van der Waals surface area (Å²) in [5.74, 6) is 1.03. The summed E-state index contributed by atoms with van der Waals surface area (Å²) in [7, 11) is 1.51. The van der Waals surface area contributed by atoms with Crippen LogP contribution >= 0.6 is 11.6 Å². The van der Waals surface area contributed by atoms with Gasteiger partial charge >= 0.3 is 0 Å². The van der Waals surface area contributed by atoms with E-state index in [2.05, 4.69) is 0 Å². The van der Waals surface area contributed by atoms with E-state index < -0.39 is 0 Å². The lowest BCUT2D eigenvalue weighted by atomic mass is 10.1. The summed E-state index contributed by atoms with van der Waals surface area (Å²) in [6.07, 6.45) is 0. The molecule has 0 saturated carbocycles. The third kappa shape index (κ3) is 2.39. The second-order valence-corrected chi connectivity index (χ2v) is 2.89. The predicted octanol–water partition coefficient (Wildman–Crippen LogP) is 2.47. The van der Waals surface area contributed by atoms with Crippen molar-refractivity contribution in [2.75, 3.05) is 13.2 Å². The lowest BCUT2D eigenvalue weighted by Gasteiger charge is -2.08. The van der Waals surface area contributed by atoms with Gasteiger partial charge in [0.15, 0.2) is 23.3 Å². The zero-order valence-corrected chi connectivity index (χ0v) is 8.80. The standard InChI is InChI=1S/C10H11ClO3/c1-7(12)8-3-4-9(14-6-11)10(5-8)13-2/h3-5H,6H2,1-2H3. The van der Waals surface area contributed by atoms with E-state index in [1.165, 1.54) is 14.0 Å². The largest absolute Gasteiger partial charge is 0.493 e. The van der Waals surface area contributed by atoms with Gasteiger partial charge in [-0.25, -0.2) is 0 Å². The molecule has 3 nitrogen and oxygen atoms in total. The second kappa shape index (κ2) is 4.86. The van der Waals surface area contributed by atoms with Crippen molar-refractivity contribution in [1.82, 2.24) is 0 Å². The highest BCUT2D eigenvalue weighted by molar-refractivity contribution is 6.17.